The average molecular weight is 441 g/mol. The summed E-state index contributed by atoms with van der Waals surface area (Å²) < 4.78 is 16.5. The minimum absolute atomic E-state index is 0.0740. The second-order valence-corrected chi connectivity index (χ2v) is 7.17. The topological polar surface area (TPSA) is 97.9 Å². The number of pyridine rings is 1. The number of anilines is 2. The molecule has 0 bridgehead atoms. The molecule has 0 saturated heterocycles. The maximum Gasteiger partial charge on any atom is 0.251 e. The van der Waals surface area contributed by atoms with Crippen molar-refractivity contribution in [1.82, 2.24) is 24.3 Å². The number of aryl methyl sites for hydroxylation is 1. The van der Waals surface area contributed by atoms with Gasteiger partial charge in [0.15, 0.2) is 0 Å². The highest BCUT2D eigenvalue weighted by atomic mass is 35.5. The Morgan fingerprint density at radius 2 is 2.03 bits per heavy atom. The Balaban J connectivity index is 1.64. The van der Waals surface area contributed by atoms with E-state index in [-0.39, 0.29) is 17.2 Å². The third kappa shape index (κ3) is 4.32. The fourth-order valence-corrected chi connectivity index (χ4v) is 3.36. The highest BCUT2D eigenvalue weighted by Gasteiger charge is 2.16. The Labute approximate surface area is 181 Å². The average Bonchev–Trinajstić information content (AvgIpc) is 3.16. The molecule has 0 aliphatic carbocycles. The van der Waals surface area contributed by atoms with Crippen LogP contribution in [0.2, 0.25) is 5.02 Å². The van der Waals surface area contributed by atoms with Gasteiger partial charge >= 0.3 is 0 Å². The van der Waals surface area contributed by atoms with Gasteiger partial charge in [-0.05, 0) is 29.8 Å². The highest BCUT2D eigenvalue weighted by molar-refractivity contribution is 6.30. The fraction of sp³-hybridized carbons (Fsp3) is 0.143. The minimum atomic E-state index is -0.702. The zero-order chi connectivity index (χ0) is 22.0. The lowest BCUT2D eigenvalue weighted by atomic mass is 10.1. The van der Waals surface area contributed by atoms with Crippen LogP contribution >= 0.6 is 11.6 Å². The summed E-state index contributed by atoms with van der Waals surface area (Å²) in [7, 11) is 1.79. The maximum absolute atomic E-state index is 13.5. The first-order chi connectivity index (χ1) is 15.0. The lowest BCUT2D eigenvalue weighted by molar-refractivity contribution is 0.247. The third-order valence-electron chi connectivity index (χ3n) is 4.80. The summed E-state index contributed by atoms with van der Waals surface area (Å²) in [6, 6.07) is 10.0. The van der Waals surface area contributed by atoms with Gasteiger partial charge < -0.3 is 15.0 Å². The van der Waals surface area contributed by atoms with Crippen molar-refractivity contribution in [2.45, 2.75) is 6.04 Å². The summed E-state index contributed by atoms with van der Waals surface area (Å²) in [6.07, 6.45) is 4.80. The fourth-order valence-electron chi connectivity index (χ4n) is 3.17. The zero-order valence-electron chi connectivity index (χ0n) is 16.4. The molecule has 0 fully saturated rings. The van der Waals surface area contributed by atoms with E-state index in [0.29, 0.717) is 22.8 Å². The first-order valence-electron chi connectivity index (χ1n) is 9.32. The molecule has 0 aliphatic heterocycles. The van der Waals surface area contributed by atoms with Crippen LogP contribution in [0.15, 0.2) is 65.8 Å². The molecular weight excluding hydrogens is 423 g/mol. The predicted octanol–water partition coefficient (Wildman–Crippen LogP) is 3.16. The van der Waals surface area contributed by atoms with Crippen molar-refractivity contribution in [3.8, 4) is 11.3 Å². The van der Waals surface area contributed by atoms with E-state index in [1.54, 1.807) is 48.5 Å². The van der Waals surface area contributed by atoms with Gasteiger partial charge in [-0.3, -0.25) is 9.48 Å². The van der Waals surface area contributed by atoms with Gasteiger partial charge in [-0.15, -0.1) is 0 Å². The number of aliphatic hydroxyl groups excluding tert-OH is 1. The molecule has 1 atom stereocenters. The Kier molecular flexibility index (Phi) is 5.79. The molecule has 0 saturated carbocycles. The molecule has 10 heteroatoms. The van der Waals surface area contributed by atoms with Crippen LogP contribution in [0.3, 0.4) is 0 Å². The third-order valence-corrected chi connectivity index (χ3v) is 5.09. The van der Waals surface area contributed by atoms with E-state index in [0.717, 1.165) is 5.82 Å². The zero-order valence-corrected chi connectivity index (χ0v) is 17.2. The highest BCUT2D eigenvalue weighted by Crippen LogP contribution is 2.24. The number of halogens is 2. The maximum atomic E-state index is 13.5. The Morgan fingerprint density at radius 1 is 1.19 bits per heavy atom. The molecule has 0 amide bonds. The normalized spacial score (nSPS) is 12.0. The second-order valence-electron chi connectivity index (χ2n) is 6.76. The molecule has 0 unspecified atom stereocenters. The van der Waals surface area contributed by atoms with Crippen LogP contribution in [0.1, 0.15) is 11.6 Å². The number of aliphatic hydroxyl groups is 1. The standard InChI is InChI=1S/C21H18ClFN6O2/c1-28-19(5-8-25-28)27-21-24-7-4-17(26-21)13-6-9-29(20(31)11-13)18(12-30)14-2-3-16(23)15(22)10-14/h2-11,18,30H,12H2,1H3,(H,24,26,27)/t18-/m1/s1. The van der Waals surface area contributed by atoms with Gasteiger partial charge in [-0.1, -0.05) is 17.7 Å². The summed E-state index contributed by atoms with van der Waals surface area (Å²) in [5.41, 5.74) is 1.31. The predicted molar refractivity (Wildman–Crippen MR) is 115 cm³/mol. The second kappa shape index (κ2) is 8.66. The van der Waals surface area contributed by atoms with E-state index in [2.05, 4.69) is 20.4 Å². The van der Waals surface area contributed by atoms with Crippen LogP contribution < -0.4 is 10.9 Å². The van der Waals surface area contributed by atoms with Crippen LogP contribution in [0.5, 0.6) is 0 Å². The van der Waals surface area contributed by atoms with Gasteiger partial charge in [-0.2, -0.15) is 5.10 Å². The Hall–Kier alpha value is -3.56. The van der Waals surface area contributed by atoms with Crippen molar-refractivity contribution in [2.75, 3.05) is 11.9 Å². The van der Waals surface area contributed by atoms with E-state index < -0.39 is 11.9 Å². The number of aromatic nitrogens is 5. The summed E-state index contributed by atoms with van der Waals surface area (Å²) in [4.78, 5) is 21.4. The van der Waals surface area contributed by atoms with Crippen molar-refractivity contribution >= 4 is 23.4 Å². The van der Waals surface area contributed by atoms with Crippen molar-refractivity contribution < 1.29 is 9.50 Å². The number of rotatable bonds is 6. The number of benzene rings is 1. The number of nitrogens with zero attached hydrogens (tertiary/aromatic N) is 5. The largest absolute Gasteiger partial charge is 0.394 e. The Bertz CT molecular complexity index is 1290. The van der Waals surface area contributed by atoms with Gasteiger partial charge in [0.1, 0.15) is 11.6 Å². The molecule has 3 aromatic heterocycles. The van der Waals surface area contributed by atoms with E-state index in [1.807, 2.05) is 0 Å². The van der Waals surface area contributed by atoms with Crippen LogP contribution in [0, 0.1) is 5.82 Å². The SMILES string of the molecule is Cn1nccc1Nc1nccc(-c2ccn([C@H](CO)c3ccc(F)c(Cl)c3)c(=O)c2)n1. The lowest BCUT2D eigenvalue weighted by Gasteiger charge is -2.18. The summed E-state index contributed by atoms with van der Waals surface area (Å²) in [6.45, 7) is -0.354. The van der Waals surface area contributed by atoms with Gasteiger partial charge in [0.05, 0.1) is 29.6 Å². The molecular formula is C21H18ClFN6O2. The number of nitrogens with one attached hydrogen (secondary N) is 1. The van der Waals surface area contributed by atoms with Crippen molar-refractivity contribution in [2.24, 2.45) is 7.05 Å². The quantitative estimate of drug-likeness (QED) is 0.478. The molecule has 0 aliphatic rings. The van der Waals surface area contributed by atoms with Crippen LogP contribution in [0.25, 0.3) is 11.3 Å². The van der Waals surface area contributed by atoms with Crippen molar-refractivity contribution in [1.29, 1.82) is 0 Å². The van der Waals surface area contributed by atoms with Gasteiger partial charge in [-0.25, -0.2) is 14.4 Å². The summed E-state index contributed by atoms with van der Waals surface area (Å²) in [5, 5.41) is 16.9. The van der Waals surface area contributed by atoms with Crippen molar-refractivity contribution in [3.05, 3.63) is 87.8 Å². The van der Waals surface area contributed by atoms with Gasteiger partial charge in [0, 0.05) is 37.1 Å². The molecule has 1 aromatic carbocycles. The monoisotopic (exact) mass is 440 g/mol. The molecule has 2 N–H and O–H groups in total. The first-order valence-corrected chi connectivity index (χ1v) is 9.70. The smallest absolute Gasteiger partial charge is 0.251 e. The minimum Gasteiger partial charge on any atom is -0.394 e. The van der Waals surface area contributed by atoms with E-state index in [9.17, 15) is 14.3 Å². The molecule has 4 aromatic rings. The van der Waals surface area contributed by atoms with Gasteiger partial charge in [0.2, 0.25) is 5.95 Å². The molecule has 4 rings (SSSR count). The van der Waals surface area contributed by atoms with Gasteiger partial charge in [0.25, 0.3) is 5.56 Å². The van der Waals surface area contributed by atoms with Crippen LogP contribution in [-0.2, 0) is 7.05 Å². The Morgan fingerprint density at radius 3 is 2.71 bits per heavy atom. The van der Waals surface area contributed by atoms with E-state index in [4.69, 9.17) is 11.6 Å². The molecule has 31 heavy (non-hydrogen) atoms. The molecule has 0 spiro atoms. The molecule has 158 valence electrons. The van der Waals surface area contributed by atoms with E-state index in [1.165, 1.54) is 28.8 Å². The molecule has 8 nitrogen and oxygen atoms in total. The van der Waals surface area contributed by atoms with Crippen molar-refractivity contribution in [3.63, 3.8) is 0 Å². The number of hydrogen-bond donors (Lipinski definition) is 2. The van der Waals surface area contributed by atoms with Crippen LogP contribution in [0.4, 0.5) is 16.2 Å². The summed E-state index contributed by atoms with van der Waals surface area (Å²) in [5.74, 6) is 0.514. The van der Waals surface area contributed by atoms with E-state index >= 15 is 0 Å². The summed E-state index contributed by atoms with van der Waals surface area (Å²) >= 11 is 5.85. The molecule has 0 radical (unpaired) electrons. The lowest BCUT2D eigenvalue weighted by Crippen LogP contribution is -2.26. The van der Waals surface area contributed by atoms with Crippen LogP contribution in [-0.4, -0.2) is 36.0 Å². The number of hydrogen-bond acceptors (Lipinski definition) is 6. The first kappa shape index (κ1) is 20.7. The molecule has 3 heterocycles.